The highest BCUT2D eigenvalue weighted by Crippen LogP contribution is 2.35. The average Bonchev–Trinajstić information content (AvgIpc) is 2.73. The zero-order chi connectivity index (χ0) is 20.8. The first-order chi connectivity index (χ1) is 14.0. The first-order valence-electron chi connectivity index (χ1n) is 9.53. The van der Waals surface area contributed by atoms with Crippen molar-refractivity contribution in [1.29, 1.82) is 5.26 Å². The van der Waals surface area contributed by atoms with Gasteiger partial charge in [0.2, 0.25) is 11.8 Å². The van der Waals surface area contributed by atoms with Gasteiger partial charge in [0.05, 0.1) is 22.4 Å². The van der Waals surface area contributed by atoms with Gasteiger partial charge in [0.15, 0.2) is 0 Å². The summed E-state index contributed by atoms with van der Waals surface area (Å²) in [7, 11) is 0. The van der Waals surface area contributed by atoms with E-state index in [-0.39, 0.29) is 29.9 Å². The van der Waals surface area contributed by atoms with E-state index in [1.165, 1.54) is 11.8 Å². The van der Waals surface area contributed by atoms with Gasteiger partial charge < -0.3 is 10.6 Å². The van der Waals surface area contributed by atoms with E-state index in [0.717, 1.165) is 28.8 Å². The maximum absolute atomic E-state index is 12.6. The fraction of sp³-hybridized carbons (Fsp3) is 0.261. The third-order valence-corrected chi connectivity index (χ3v) is 5.93. The first kappa shape index (κ1) is 20.7. The van der Waals surface area contributed by atoms with E-state index in [2.05, 4.69) is 16.7 Å². The number of anilines is 1. The molecule has 0 aliphatic carbocycles. The third-order valence-electron chi connectivity index (χ3n) is 4.91. The quantitative estimate of drug-likeness (QED) is 0.752. The molecule has 6 heteroatoms. The lowest BCUT2D eigenvalue weighted by atomic mass is 9.87. The predicted octanol–water partition coefficient (Wildman–Crippen LogP) is 4.27. The van der Waals surface area contributed by atoms with Crippen molar-refractivity contribution in [3.05, 3.63) is 75.8 Å². The molecule has 1 aliphatic rings. The molecule has 0 radical (unpaired) electrons. The Balaban J connectivity index is 1.76. The third kappa shape index (κ3) is 4.87. The summed E-state index contributed by atoms with van der Waals surface area (Å²) >= 11 is 1.19. The number of hydrogen-bond acceptors (Lipinski definition) is 4. The van der Waals surface area contributed by atoms with E-state index in [0.29, 0.717) is 10.6 Å². The van der Waals surface area contributed by atoms with Crippen LogP contribution >= 0.6 is 11.8 Å². The number of allylic oxidation sites excluding steroid dienone is 1. The molecule has 1 atom stereocenters. The number of carbonyl (C=O) groups is 2. The summed E-state index contributed by atoms with van der Waals surface area (Å²) in [5.41, 5.74) is 4.35. The molecule has 2 N–H and O–H groups in total. The second kappa shape index (κ2) is 9.44. The van der Waals surface area contributed by atoms with Crippen LogP contribution in [0.4, 0.5) is 5.69 Å². The Morgan fingerprint density at radius 1 is 1.24 bits per heavy atom. The van der Waals surface area contributed by atoms with Crippen molar-refractivity contribution >= 4 is 29.3 Å². The second-order valence-corrected chi connectivity index (χ2v) is 7.86. The second-order valence-electron chi connectivity index (χ2n) is 6.87. The number of benzene rings is 2. The highest BCUT2D eigenvalue weighted by molar-refractivity contribution is 8.03. The molecular formula is C23H23N3O2S. The lowest BCUT2D eigenvalue weighted by Gasteiger charge is -2.25. The monoisotopic (exact) mass is 405 g/mol. The van der Waals surface area contributed by atoms with E-state index in [4.69, 9.17) is 0 Å². The predicted molar refractivity (Wildman–Crippen MR) is 116 cm³/mol. The van der Waals surface area contributed by atoms with Gasteiger partial charge in [-0.1, -0.05) is 67.2 Å². The lowest BCUT2D eigenvalue weighted by Crippen LogP contribution is -2.31. The summed E-state index contributed by atoms with van der Waals surface area (Å²) in [5, 5.41) is 15.9. The molecule has 0 saturated carbocycles. The van der Waals surface area contributed by atoms with Crippen molar-refractivity contribution in [2.75, 3.05) is 11.1 Å². The number of nitrogens with one attached hydrogen (secondary N) is 2. The number of nitrogens with zero attached hydrogens (tertiary/aromatic N) is 1. The van der Waals surface area contributed by atoms with E-state index in [1.807, 2.05) is 62.4 Å². The molecule has 0 unspecified atom stereocenters. The highest BCUT2D eigenvalue weighted by Gasteiger charge is 2.29. The van der Waals surface area contributed by atoms with Crippen LogP contribution in [0.5, 0.6) is 0 Å². The summed E-state index contributed by atoms with van der Waals surface area (Å²) in [6.07, 6.45) is 1.05. The zero-order valence-corrected chi connectivity index (χ0v) is 17.3. The van der Waals surface area contributed by atoms with Gasteiger partial charge in [-0.15, -0.1) is 0 Å². The Hall–Kier alpha value is -3.04. The summed E-state index contributed by atoms with van der Waals surface area (Å²) in [6.45, 7) is 4.01. The van der Waals surface area contributed by atoms with E-state index < -0.39 is 0 Å². The van der Waals surface area contributed by atoms with Crippen LogP contribution in [0.3, 0.4) is 0 Å². The van der Waals surface area contributed by atoms with Gasteiger partial charge in [-0.3, -0.25) is 9.59 Å². The number of rotatable bonds is 6. The van der Waals surface area contributed by atoms with Gasteiger partial charge >= 0.3 is 0 Å². The summed E-state index contributed by atoms with van der Waals surface area (Å²) < 4.78 is 0. The van der Waals surface area contributed by atoms with Crippen LogP contribution < -0.4 is 10.6 Å². The number of amides is 2. The van der Waals surface area contributed by atoms with Gasteiger partial charge in [-0.2, -0.15) is 5.26 Å². The molecule has 5 nitrogen and oxygen atoms in total. The van der Waals surface area contributed by atoms with Gasteiger partial charge in [0.1, 0.15) is 0 Å². The molecule has 148 valence electrons. The molecule has 0 aromatic heterocycles. The molecular weight excluding hydrogens is 382 g/mol. The van der Waals surface area contributed by atoms with Crippen molar-refractivity contribution in [3.63, 3.8) is 0 Å². The summed E-state index contributed by atoms with van der Waals surface area (Å²) in [5.74, 6) is -0.490. The number of nitriles is 1. The Bertz CT molecular complexity index is 993. The number of hydrogen-bond donors (Lipinski definition) is 2. The van der Waals surface area contributed by atoms with Gasteiger partial charge in [-0.05, 0) is 30.0 Å². The molecule has 0 spiro atoms. The maximum Gasteiger partial charge on any atom is 0.234 e. The molecule has 2 aromatic carbocycles. The average molecular weight is 406 g/mol. The number of para-hydroxylation sites is 1. The highest BCUT2D eigenvalue weighted by atomic mass is 32.2. The standard InChI is InChI=1S/C23H23N3O2S/c1-3-16-11-7-8-15(2)22(16)25-21(28)14-29-23-19(13-24)18(12-20(27)26-23)17-9-5-4-6-10-17/h4-11,18H,3,12,14H2,1-2H3,(H,25,28)(H,26,27)/t18-/m1/s1. The fourth-order valence-electron chi connectivity index (χ4n) is 3.42. The lowest BCUT2D eigenvalue weighted by molar-refractivity contribution is -0.121. The molecule has 29 heavy (non-hydrogen) atoms. The van der Waals surface area contributed by atoms with Crippen LogP contribution in [-0.2, 0) is 16.0 Å². The maximum atomic E-state index is 12.6. The first-order valence-corrected chi connectivity index (χ1v) is 10.5. The minimum Gasteiger partial charge on any atom is -0.325 e. The smallest absolute Gasteiger partial charge is 0.234 e. The molecule has 1 aliphatic heterocycles. The fourth-order valence-corrected chi connectivity index (χ4v) is 4.30. The van der Waals surface area contributed by atoms with Crippen molar-refractivity contribution in [3.8, 4) is 6.07 Å². The molecule has 1 heterocycles. The van der Waals surface area contributed by atoms with Crippen molar-refractivity contribution in [1.82, 2.24) is 5.32 Å². The summed E-state index contributed by atoms with van der Waals surface area (Å²) in [4.78, 5) is 24.8. The van der Waals surface area contributed by atoms with E-state index in [1.54, 1.807) is 0 Å². The topological polar surface area (TPSA) is 82.0 Å². The van der Waals surface area contributed by atoms with Crippen LogP contribution in [0, 0.1) is 18.3 Å². The Labute approximate surface area is 175 Å². The molecule has 2 amide bonds. The van der Waals surface area contributed by atoms with Crippen molar-refractivity contribution < 1.29 is 9.59 Å². The Kier molecular flexibility index (Phi) is 6.73. The number of aryl methyl sites for hydroxylation is 2. The van der Waals surface area contributed by atoms with Gasteiger partial charge in [-0.25, -0.2) is 0 Å². The molecule has 0 bridgehead atoms. The van der Waals surface area contributed by atoms with Crippen LogP contribution in [0.1, 0.15) is 36.0 Å². The van der Waals surface area contributed by atoms with Gasteiger partial charge in [0, 0.05) is 18.0 Å². The Morgan fingerprint density at radius 3 is 2.69 bits per heavy atom. The van der Waals surface area contributed by atoms with Crippen molar-refractivity contribution in [2.24, 2.45) is 0 Å². The minimum absolute atomic E-state index is 0.111. The van der Waals surface area contributed by atoms with Crippen LogP contribution in [-0.4, -0.2) is 17.6 Å². The number of thioether (sulfide) groups is 1. The zero-order valence-electron chi connectivity index (χ0n) is 16.5. The van der Waals surface area contributed by atoms with Crippen LogP contribution in [0.15, 0.2) is 59.1 Å². The molecule has 2 aromatic rings. The van der Waals surface area contributed by atoms with E-state index >= 15 is 0 Å². The minimum atomic E-state index is -0.288. The molecule has 0 fully saturated rings. The molecule has 3 rings (SSSR count). The Morgan fingerprint density at radius 2 is 2.00 bits per heavy atom. The van der Waals surface area contributed by atoms with E-state index in [9.17, 15) is 14.9 Å². The van der Waals surface area contributed by atoms with Gasteiger partial charge in [0.25, 0.3) is 0 Å². The SMILES string of the molecule is CCc1cccc(C)c1NC(=O)CSC1=C(C#N)[C@@H](c2ccccc2)CC(=O)N1. The number of carbonyl (C=O) groups excluding carboxylic acids is 2. The van der Waals surface area contributed by atoms with Crippen LogP contribution in [0.25, 0.3) is 0 Å². The normalized spacial score (nSPS) is 16.2. The molecule has 0 saturated heterocycles. The van der Waals surface area contributed by atoms with Crippen molar-refractivity contribution in [2.45, 2.75) is 32.6 Å². The summed E-state index contributed by atoms with van der Waals surface area (Å²) in [6, 6.07) is 17.7. The largest absolute Gasteiger partial charge is 0.325 e. The van der Waals surface area contributed by atoms with Crippen LogP contribution in [0.2, 0.25) is 0 Å².